The smallest absolute Gasteiger partial charge is 0.412 e. The molecule has 1 aliphatic rings. The van der Waals surface area contributed by atoms with Gasteiger partial charge in [-0.15, -0.1) is 11.3 Å². The number of nitrogens with one attached hydrogen (secondary N) is 1. The fourth-order valence-electron chi connectivity index (χ4n) is 2.76. The van der Waals surface area contributed by atoms with Crippen molar-refractivity contribution in [2.45, 2.75) is 39.3 Å². The van der Waals surface area contributed by atoms with E-state index in [0.29, 0.717) is 0 Å². The van der Waals surface area contributed by atoms with Gasteiger partial charge in [0.1, 0.15) is 5.60 Å². The molecule has 0 atom stereocenters. The van der Waals surface area contributed by atoms with Gasteiger partial charge in [-0.25, -0.2) is 4.79 Å². The second-order valence-electron chi connectivity index (χ2n) is 6.85. The summed E-state index contributed by atoms with van der Waals surface area (Å²) >= 11 is 7.63. The maximum atomic E-state index is 11.9. The molecular weight excluding hydrogens is 344 g/mol. The summed E-state index contributed by atoms with van der Waals surface area (Å²) in [5.74, 6) is 0. The van der Waals surface area contributed by atoms with E-state index >= 15 is 0 Å². The number of fused-ring (bicyclic) bond motifs is 1. The number of carbonyl (C=O) groups is 1. The Hall–Kier alpha value is -1.72. The summed E-state index contributed by atoms with van der Waals surface area (Å²) in [6, 6.07) is 10.0. The zero-order valence-corrected chi connectivity index (χ0v) is 15.6. The van der Waals surface area contributed by atoms with Crippen molar-refractivity contribution < 1.29 is 9.53 Å². The number of ether oxygens (including phenoxy) is 1. The van der Waals surface area contributed by atoms with Crippen LogP contribution in [-0.4, -0.2) is 18.2 Å². The molecule has 0 aliphatic carbocycles. The second-order valence-corrected chi connectivity index (χ2v) is 8.65. The summed E-state index contributed by atoms with van der Waals surface area (Å²) in [6.45, 7) is 7.39. The minimum absolute atomic E-state index is 0.425. The number of benzene rings is 1. The predicted octanol–water partition coefficient (Wildman–Crippen LogP) is 5.31. The van der Waals surface area contributed by atoms with Crippen molar-refractivity contribution in [2.75, 3.05) is 16.8 Å². The number of rotatable bonds is 3. The number of halogens is 1. The van der Waals surface area contributed by atoms with E-state index in [9.17, 15) is 4.79 Å². The fourth-order valence-corrected chi connectivity index (χ4v) is 3.86. The summed E-state index contributed by atoms with van der Waals surface area (Å²) in [5, 5.41) is 2.80. The molecule has 1 N–H and O–H groups in total. The van der Waals surface area contributed by atoms with Crippen LogP contribution in [0.25, 0.3) is 0 Å². The maximum absolute atomic E-state index is 11.9. The van der Waals surface area contributed by atoms with Gasteiger partial charge in [-0.05, 0) is 63.1 Å². The number of carbonyl (C=O) groups excluding carboxylic acids is 1. The van der Waals surface area contributed by atoms with Crippen LogP contribution in [0.2, 0.25) is 4.34 Å². The van der Waals surface area contributed by atoms with Gasteiger partial charge in [0.05, 0.1) is 10.9 Å². The monoisotopic (exact) mass is 364 g/mol. The molecule has 2 aromatic rings. The number of hydrogen-bond acceptors (Lipinski definition) is 4. The topological polar surface area (TPSA) is 41.6 Å². The first-order valence-corrected chi connectivity index (χ1v) is 9.12. The molecule has 0 unspecified atom stereocenters. The summed E-state index contributed by atoms with van der Waals surface area (Å²) in [7, 11) is 0. The molecule has 0 saturated carbocycles. The lowest BCUT2D eigenvalue weighted by molar-refractivity contribution is 0.0636. The summed E-state index contributed by atoms with van der Waals surface area (Å²) < 4.78 is 6.11. The van der Waals surface area contributed by atoms with Crippen molar-refractivity contribution in [3.05, 3.63) is 45.1 Å². The third-order valence-corrected chi connectivity index (χ3v) is 4.91. The lowest BCUT2D eigenvalue weighted by Gasteiger charge is -2.20. The molecule has 1 aromatic carbocycles. The van der Waals surface area contributed by atoms with Crippen LogP contribution in [-0.2, 0) is 17.7 Å². The third-order valence-electron chi connectivity index (χ3n) is 3.69. The van der Waals surface area contributed by atoms with Crippen LogP contribution < -0.4 is 10.2 Å². The van der Waals surface area contributed by atoms with Crippen LogP contribution >= 0.6 is 22.9 Å². The normalized spacial score (nSPS) is 13.8. The van der Waals surface area contributed by atoms with Crippen molar-refractivity contribution in [1.82, 2.24) is 0 Å². The standard InChI is InChI=1S/C18H21ClN2O2S/c1-18(2,3)23-17(22)20-13-4-6-15-12(10-13)8-9-21(15)11-14-5-7-16(19)24-14/h4-7,10H,8-9,11H2,1-3H3,(H,20,22). The zero-order chi connectivity index (χ0) is 17.3. The molecule has 4 nitrogen and oxygen atoms in total. The Morgan fingerprint density at radius 1 is 1.33 bits per heavy atom. The average Bonchev–Trinajstić information content (AvgIpc) is 3.04. The number of nitrogens with zero attached hydrogens (tertiary/aromatic N) is 1. The largest absolute Gasteiger partial charge is 0.444 e. The molecule has 0 saturated heterocycles. The molecule has 2 heterocycles. The molecule has 0 radical (unpaired) electrons. The van der Waals surface area contributed by atoms with Crippen LogP contribution in [0.4, 0.5) is 16.2 Å². The highest BCUT2D eigenvalue weighted by Gasteiger charge is 2.21. The number of amides is 1. The molecule has 128 valence electrons. The van der Waals surface area contributed by atoms with Gasteiger partial charge >= 0.3 is 6.09 Å². The summed E-state index contributed by atoms with van der Waals surface area (Å²) in [4.78, 5) is 15.5. The van der Waals surface area contributed by atoms with E-state index in [2.05, 4.69) is 22.3 Å². The number of anilines is 2. The van der Waals surface area contributed by atoms with Crippen LogP contribution in [0.1, 0.15) is 31.2 Å². The lowest BCUT2D eigenvalue weighted by atomic mass is 10.1. The van der Waals surface area contributed by atoms with Crippen LogP contribution in [0.5, 0.6) is 0 Å². The Bertz CT molecular complexity index is 752. The van der Waals surface area contributed by atoms with E-state index in [1.54, 1.807) is 11.3 Å². The molecule has 1 aliphatic heterocycles. The summed E-state index contributed by atoms with van der Waals surface area (Å²) in [6.07, 6.45) is 0.545. The highest BCUT2D eigenvalue weighted by atomic mass is 35.5. The van der Waals surface area contributed by atoms with Crippen molar-refractivity contribution in [1.29, 1.82) is 0 Å². The van der Waals surface area contributed by atoms with Crippen LogP contribution in [0, 0.1) is 0 Å². The molecule has 0 fully saturated rings. The third kappa shape index (κ3) is 4.22. The number of thiophene rings is 1. The van der Waals surface area contributed by atoms with E-state index in [4.69, 9.17) is 16.3 Å². The minimum atomic E-state index is -0.500. The molecule has 3 rings (SSSR count). The quantitative estimate of drug-likeness (QED) is 0.802. The predicted molar refractivity (Wildman–Crippen MR) is 100 cm³/mol. The summed E-state index contributed by atoms with van der Waals surface area (Å²) in [5.41, 5.74) is 2.73. The highest BCUT2D eigenvalue weighted by molar-refractivity contribution is 7.16. The SMILES string of the molecule is CC(C)(C)OC(=O)Nc1ccc2c(c1)CCN2Cc1ccc(Cl)s1. The van der Waals surface area contributed by atoms with Crippen LogP contribution in [0.3, 0.4) is 0 Å². The minimum Gasteiger partial charge on any atom is -0.444 e. The van der Waals surface area contributed by atoms with Gasteiger partial charge in [-0.2, -0.15) is 0 Å². The van der Waals surface area contributed by atoms with Crippen molar-refractivity contribution in [2.24, 2.45) is 0 Å². The molecular formula is C18H21ClN2O2S. The lowest BCUT2D eigenvalue weighted by Crippen LogP contribution is -2.27. The first-order chi connectivity index (χ1) is 11.3. The van der Waals surface area contributed by atoms with E-state index in [-0.39, 0.29) is 0 Å². The highest BCUT2D eigenvalue weighted by Crippen LogP contribution is 2.33. The Balaban J connectivity index is 1.68. The molecule has 6 heteroatoms. The van der Waals surface area contributed by atoms with Crippen molar-refractivity contribution in [3.63, 3.8) is 0 Å². The van der Waals surface area contributed by atoms with Crippen LogP contribution in [0.15, 0.2) is 30.3 Å². The van der Waals surface area contributed by atoms with Gasteiger partial charge in [-0.3, -0.25) is 5.32 Å². The first kappa shape index (κ1) is 17.1. The van der Waals surface area contributed by atoms with Gasteiger partial charge in [-0.1, -0.05) is 11.6 Å². The number of hydrogen-bond donors (Lipinski definition) is 1. The van der Waals surface area contributed by atoms with Gasteiger partial charge in [0, 0.05) is 22.8 Å². The van der Waals surface area contributed by atoms with E-state index < -0.39 is 11.7 Å². The van der Waals surface area contributed by atoms with E-state index in [1.807, 2.05) is 39.0 Å². The molecule has 0 bridgehead atoms. The Morgan fingerprint density at radius 2 is 2.12 bits per heavy atom. The molecule has 1 amide bonds. The van der Waals surface area contributed by atoms with Gasteiger partial charge in [0.15, 0.2) is 0 Å². The Labute approximate surface area is 151 Å². The Morgan fingerprint density at radius 3 is 2.79 bits per heavy atom. The van der Waals surface area contributed by atoms with Gasteiger partial charge in [0.25, 0.3) is 0 Å². The second kappa shape index (κ2) is 6.65. The fraction of sp³-hybridized carbons (Fsp3) is 0.389. The molecule has 0 spiro atoms. The van der Waals surface area contributed by atoms with Gasteiger partial charge in [0.2, 0.25) is 0 Å². The van der Waals surface area contributed by atoms with E-state index in [0.717, 1.165) is 29.5 Å². The Kier molecular flexibility index (Phi) is 4.74. The van der Waals surface area contributed by atoms with Gasteiger partial charge < -0.3 is 9.64 Å². The molecule has 24 heavy (non-hydrogen) atoms. The van der Waals surface area contributed by atoms with Crippen molar-refractivity contribution in [3.8, 4) is 0 Å². The average molecular weight is 365 g/mol. The van der Waals surface area contributed by atoms with E-state index in [1.165, 1.54) is 16.1 Å². The first-order valence-electron chi connectivity index (χ1n) is 7.92. The zero-order valence-electron chi connectivity index (χ0n) is 14.1. The molecule has 1 aromatic heterocycles. The maximum Gasteiger partial charge on any atom is 0.412 e. The van der Waals surface area contributed by atoms with Crippen molar-refractivity contribution >= 4 is 40.4 Å².